The van der Waals surface area contributed by atoms with Gasteiger partial charge in [-0.2, -0.15) is 0 Å². The molecule has 2 heterocycles. The number of nitrogens with zero attached hydrogens (tertiary/aromatic N) is 1. The van der Waals surface area contributed by atoms with Gasteiger partial charge in [-0.15, -0.1) is 0 Å². The Bertz CT molecular complexity index is 832. The van der Waals surface area contributed by atoms with Crippen LogP contribution in [0.2, 0.25) is 0 Å². The summed E-state index contributed by atoms with van der Waals surface area (Å²) in [4.78, 5) is 15.9. The van der Waals surface area contributed by atoms with Crippen LogP contribution < -0.4 is 5.32 Å². The van der Waals surface area contributed by atoms with Crippen LogP contribution in [0.25, 0.3) is 10.9 Å². The molecule has 1 atom stereocenters. The van der Waals surface area contributed by atoms with E-state index in [1.807, 2.05) is 24.5 Å². The van der Waals surface area contributed by atoms with Crippen molar-refractivity contribution in [3.63, 3.8) is 0 Å². The SMILES string of the molecule is O=C(CCCn1cccc1)N[C@@H]1CCCc2c1[nH]c1ccccc21. The lowest BCUT2D eigenvalue weighted by Crippen LogP contribution is -2.31. The van der Waals surface area contributed by atoms with Gasteiger partial charge in [-0.05, 0) is 49.4 Å². The number of carbonyl (C=O) groups is 1. The number of aryl methyl sites for hydroxylation is 2. The largest absolute Gasteiger partial charge is 0.356 e. The first-order valence-corrected chi connectivity index (χ1v) is 8.81. The van der Waals surface area contributed by atoms with Gasteiger partial charge < -0.3 is 14.9 Å². The Kier molecular flexibility index (Phi) is 4.11. The highest BCUT2D eigenvalue weighted by Gasteiger charge is 2.25. The summed E-state index contributed by atoms with van der Waals surface area (Å²) in [5, 5.41) is 4.54. The van der Waals surface area contributed by atoms with Gasteiger partial charge in [-0.1, -0.05) is 18.2 Å². The summed E-state index contributed by atoms with van der Waals surface area (Å²) >= 11 is 0. The molecular formula is C20H23N3O. The highest BCUT2D eigenvalue weighted by atomic mass is 16.1. The highest BCUT2D eigenvalue weighted by molar-refractivity contribution is 5.85. The average molecular weight is 321 g/mol. The van der Waals surface area contributed by atoms with E-state index in [9.17, 15) is 4.79 Å². The zero-order chi connectivity index (χ0) is 16.4. The summed E-state index contributed by atoms with van der Waals surface area (Å²) in [5.41, 5.74) is 3.77. The topological polar surface area (TPSA) is 49.8 Å². The molecule has 0 radical (unpaired) electrons. The van der Waals surface area contributed by atoms with E-state index in [2.05, 4.69) is 39.1 Å². The Labute approximate surface area is 141 Å². The van der Waals surface area contributed by atoms with Crippen LogP contribution in [0, 0.1) is 0 Å². The average Bonchev–Trinajstić information content (AvgIpc) is 3.23. The molecule has 0 saturated carbocycles. The third kappa shape index (κ3) is 2.96. The number of hydrogen-bond donors (Lipinski definition) is 2. The molecule has 4 nitrogen and oxygen atoms in total. The van der Waals surface area contributed by atoms with Gasteiger partial charge in [0.25, 0.3) is 0 Å². The maximum atomic E-state index is 12.3. The van der Waals surface area contributed by atoms with Crippen molar-refractivity contribution in [2.45, 2.75) is 44.7 Å². The summed E-state index contributed by atoms with van der Waals surface area (Å²) in [6.07, 6.45) is 8.76. The van der Waals surface area contributed by atoms with E-state index < -0.39 is 0 Å². The molecule has 0 spiro atoms. The molecule has 3 aromatic rings. The highest BCUT2D eigenvalue weighted by Crippen LogP contribution is 2.34. The van der Waals surface area contributed by atoms with Gasteiger partial charge in [-0.25, -0.2) is 0 Å². The Morgan fingerprint density at radius 3 is 2.92 bits per heavy atom. The lowest BCUT2D eigenvalue weighted by molar-refractivity contribution is -0.122. The van der Waals surface area contributed by atoms with E-state index >= 15 is 0 Å². The van der Waals surface area contributed by atoms with Gasteiger partial charge in [0.05, 0.1) is 6.04 Å². The smallest absolute Gasteiger partial charge is 0.220 e. The van der Waals surface area contributed by atoms with Crippen molar-refractivity contribution in [1.29, 1.82) is 0 Å². The molecule has 24 heavy (non-hydrogen) atoms. The summed E-state index contributed by atoms with van der Waals surface area (Å²) < 4.78 is 2.11. The number of aromatic nitrogens is 2. The minimum atomic E-state index is 0.125. The molecule has 4 rings (SSSR count). The number of rotatable bonds is 5. The van der Waals surface area contributed by atoms with Crippen molar-refractivity contribution >= 4 is 16.8 Å². The Balaban J connectivity index is 1.41. The zero-order valence-electron chi connectivity index (χ0n) is 13.8. The van der Waals surface area contributed by atoms with E-state index in [0.29, 0.717) is 6.42 Å². The monoisotopic (exact) mass is 321 g/mol. The van der Waals surface area contributed by atoms with Crippen molar-refractivity contribution < 1.29 is 4.79 Å². The number of hydrogen-bond acceptors (Lipinski definition) is 1. The molecule has 1 amide bonds. The fraction of sp³-hybridized carbons (Fsp3) is 0.350. The third-order valence-electron chi connectivity index (χ3n) is 4.94. The quantitative estimate of drug-likeness (QED) is 0.734. The fourth-order valence-corrected chi connectivity index (χ4v) is 3.77. The zero-order valence-corrected chi connectivity index (χ0v) is 13.8. The Morgan fingerprint density at radius 1 is 1.21 bits per heavy atom. The molecule has 0 saturated heterocycles. The van der Waals surface area contributed by atoms with Gasteiger partial charge in [0.1, 0.15) is 0 Å². The predicted octanol–water partition coefficient (Wildman–Crippen LogP) is 3.94. The molecule has 1 aliphatic rings. The van der Waals surface area contributed by atoms with Gasteiger partial charge in [0.2, 0.25) is 5.91 Å². The van der Waals surface area contributed by atoms with Gasteiger partial charge in [-0.3, -0.25) is 4.79 Å². The molecule has 2 aromatic heterocycles. The van der Waals surface area contributed by atoms with Crippen LogP contribution in [-0.2, 0) is 17.8 Å². The summed E-state index contributed by atoms with van der Waals surface area (Å²) in [6.45, 7) is 0.892. The van der Waals surface area contributed by atoms with Crippen LogP contribution in [0.4, 0.5) is 0 Å². The number of benzene rings is 1. The molecule has 0 unspecified atom stereocenters. The Morgan fingerprint density at radius 2 is 2.04 bits per heavy atom. The molecule has 124 valence electrons. The van der Waals surface area contributed by atoms with E-state index in [-0.39, 0.29) is 11.9 Å². The number of H-pyrrole nitrogens is 1. The number of para-hydroxylation sites is 1. The molecule has 4 heteroatoms. The van der Waals surface area contributed by atoms with Crippen LogP contribution in [0.1, 0.15) is 43.0 Å². The predicted molar refractivity (Wildman–Crippen MR) is 95.8 cm³/mol. The number of nitrogens with one attached hydrogen (secondary N) is 2. The summed E-state index contributed by atoms with van der Waals surface area (Å²) in [6, 6.07) is 12.6. The molecule has 0 bridgehead atoms. The molecular weight excluding hydrogens is 298 g/mol. The minimum absolute atomic E-state index is 0.125. The maximum Gasteiger partial charge on any atom is 0.220 e. The molecule has 1 aliphatic carbocycles. The molecule has 0 aliphatic heterocycles. The van der Waals surface area contributed by atoms with E-state index in [4.69, 9.17) is 0 Å². The molecule has 0 fully saturated rings. The van der Waals surface area contributed by atoms with E-state index in [1.165, 1.54) is 22.2 Å². The van der Waals surface area contributed by atoms with Crippen LogP contribution in [0.15, 0.2) is 48.8 Å². The minimum Gasteiger partial charge on any atom is -0.356 e. The van der Waals surface area contributed by atoms with Crippen molar-refractivity contribution in [1.82, 2.24) is 14.9 Å². The normalized spacial score (nSPS) is 16.9. The summed E-state index contributed by atoms with van der Waals surface area (Å²) in [7, 11) is 0. The van der Waals surface area contributed by atoms with Crippen molar-refractivity contribution in [3.8, 4) is 0 Å². The number of fused-ring (bicyclic) bond motifs is 3. The van der Waals surface area contributed by atoms with Gasteiger partial charge >= 0.3 is 0 Å². The van der Waals surface area contributed by atoms with Crippen LogP contribution in [-0.4, -0.2) is 15.5 Å². The van der Waals surface area contributed by atoms with Crippen LogP contribution in [0.3, 0.4) is 0 Å². The third-order valence-corrected chi connectivity index (χ3v) is 4.94. The lowest BCUT2D eigenvalue weighted by Gasteiger charge is -2.24. The second-order valence-electron chi connectivity index (χ2n) is 6.60. The van der Waals surface area contributed by atoms with Crippen LogP contribution in [0.5, 0.6) is 0 Å². The maximum absolute atomic E-state index is 12.3. The van der Waals surface area contributed by atoms with Gasteiger partial charge in [0.15, 0.2) is 0 Å². The first kappa shape index (κ1) is 15.1. The second kappa shape index (κ2) is 6.56. The van der Waals surface area contributed by atoms with Gasteiger partial charge in [0, 0.05) is 42.0 Å². The summed E-state index contributed by atoms with van der Waals surface area (Å²) in [5.74, 6) is 0.152. The fourth-order valence-electron chi connectivity index (χ4n) is 3.77. The molecule has 2 N–H and O–H groups in total. The van der Waals surface area contributed by atoms with E-state index in [1.54, 1.807) is 0 Å². The number of carbonyl (C=O) groups excluding carboxylic acids is 1. The number of aromatic amines is 1. The van der Waals surface area contributed by atoms with Crippen molar-refractivity contribution in [2.24, 2.45) is 0 Å². The molecule has 1 aromatic carbocycles. The standard InChI is InChI=1S/C20H23N3O/c24-19(11-6-14-23-12-3-4-13-23)21-18-10-5-8-16-15-7-1-2-9-17(15)22-20(16)18/h1-4,7,9,12-13,18,22H,5-6,8,10-11,14H2,(H,21,24)/t18-/m1/s1. The second-order valence-corrected chi connectivity index (χ2v) is 6.60. The van der Waals surface area contributed by atoms with Crippen molar-refractivity contribution in [2.75, 3.05) is 0 Å². The lowest BCUT2D eigenvalue weighted by atomic mass is 9.91. The van der Waals surface area contributed by atoms with Crippen LogP contribution >= 0.6 is 0 Å². The number of amides is 1. The first-order valence-electron chi connectivity index (χ1n) is 8.81. The first-order chi connectivity index (χ1) is 11.8. The van der Waals surface area contributed by atoms with E-state index in [0.717, 1.165) is 32.2 Å². The Hall–Kier alpha value is -2.49. The van der Waals surface area contributed by atoms with Crippen molar-refractivity contribution in [3.05, 3.63) is 60.0 Å².